The van der Waals surface area contributed by atoms with Gasteiger partial charge in [0.2, 0.25) is 0 Å². The quantitative estimate of drug-likeness (QED) is 0.489. The normalized spacial score (nSPS) is 15.7. The number of ether oxygens (including phenoxy) is 1. The molecule has 2 N–H and O–H groups in total. The van der Waals surface area contributed by atoms with Gasteiger partial charge in [-0.15, -0.1) is 0 Å². The second kappa shape index (κ2) is 10.1. The van der Waals surface area contributed by atoms with Crippen LogP contribution in [0.2, 0.25) is 0 Å². The van der Waals surface area contributed by atoms with Crippen LogP contribution >= 0.6 is 0 Å². The van der Waals surface area contributed by atoms with E-state index < -0.39 is 15.6 Å². The van der Waals surface area contributed by atoms with Crippen LogP contribution in [-0.2, 0) is 21.3 Å². The Bertz CT molecular complexity index is 1350. The van der Waals surface area contributed by atoms with Crippen molar-refractivity contribution in [3.05, 3.63) is 53.1 Å². The summed E-state index contributed by atoms with van der Waals surface area (Å²) in [7, 11) is -3.80. The third kappa shape index (κ3) is 6.17. The maximum absolute atomic E-state index is 12.9. The monoisotopic (exact) mass is 514 g/mol. The van der Waals surface area contributed by atoms with Gasteiger partial charge in [0.05, 0.1) is 10.3 Å². The van der Waals surface area contributed by atoms with Crippen LogP contribution < -0.4 is 10.0 Å². The summed E-state index contributed by atoms with van der Waals surface area (Å²) in [6.45, 7) is 11.6. The highest BCUT2D eigenvalue weighted by Gasteiger charge is 2.25. The van der Waals surface area contributed by atoms with E-state index in [-0.39, 0.29) is 22.8 Å². The van der Waals surface area contributed by atoms with Gasteiger partial charge in [0.15, 0.2) is 11.4 Å². The number of aryl methyl sites for hydroxylation is 2. The maximum Gasteiger partial charge on any atom is 0.407 e. The first-order valence-electron chi connectivity index (χ1n) is 12.1. The molecule has 9 nitrogen and oxygen atoms in total. The zero-order chi connectivity index (χ0) is 26.1. The molecule has 0 atom stereocenters. The third-order valence-electron chi connectivity index (χ3n) is 6.16. The minimum absolute atomic E-state index is 0.0958. The Hall–Kier alpha value is -3.11. The minimum Gasteiger partial charge on any atom is -0.444 e. The number of nitrogens with zero attached hydrogens (tertiary/aromatic N) is 2. The number of hydrogen-bond acceptors (Lipinski definition) is 7. The molecular weight excluding hydrogens is 480 g/mol. The van der Waals surface area contributed by atoms with Crippen LogP contribution in [0.3, 0.4) is 0 Å². The smallest absolute Gasteiger partial charge is 0.407 e. The predicted molar refractivity (Wildman–Crippen MR) is 138 cm³/mol. The number of aromatic nitrogens is 1. The molecule has 1 aromatic heterocycles. The van der Waals surface area contributed by atoms with Crippen LogP contribution in [0.4, 0.5) is 10.6 Å². The molecule has 0 unspecified atom stereocenters. The molecule has 0 spiro atoms. The van der Waals surface area contributed by atoms with Crippen molar-refractivity contribution < 1.29 is 22.5 Å². The molecule has 0 bridgehead atoms. The lowest BCUT2D eigenvalue weighted by molar-refractivity contribution is 0.0477. The van der Waals surface area contributed by atoms with Gasteiger partial charge in [-0.3, -0.25) is 9.62 Å². The number of alkyl carbamates (subject to hydrolysis) is 1. The molecule has 0 saturated carbocycles. The van der Waals surface area contributed by atoms with Gasteiger partial charge in [0.25, 0.3) is 10.0 Å². The fourth-order valence-corrected chi connectivity index (χ4v) is 5.77. The van der Waals surface area contributed by atoms with Gasteiger partial charge in [-0.05, 0) is 76.3 Å². The fourth-order valence-electron chi connectivity index (χ4n) is 4.51. The molecule has 194 valence electrons. The van der Waals surface area contributed by atoms with Crippen molar-refractivity contribution in [2.45, 2.75) is 70.5 Å². The first-order chi connectivity index (χ1) is 16.9. The van der Waals surface area contributed by atoms with Gasteiger partial charge in [-0.1, -0.05) is 29.4 Å². The molecule has 1 aliphatic rings. The summed E-state index contributed by atoms with van der Waals surface area (Å²) in [4.78, 5) is 14.6. The van der Waals surface area contributed by atoms with E-state index in [1.54, 1.807) is 31.2 Å². The summed E-state index contributed by atoms with van der Waals surface area (Å²) in [5.41, 5.74) is 2.62. The number of fused-ring (bicyclic) bond motifs is 1. The highest BCUT2D eigenvalue weighted by Crippen LogP contribution is 2.30. The molecule has 1 aliphatic heterocycles. The van der Waals surface area contributed by atoms with Crippen molar-refractivity contribution >= 4 is 32.9 Å². The SMILES string of the molecule is Cc1ccccc1S(=O)(=O)Nc1noc2cc(CN3CCC(NC(=O)OC(C)(C)C)CC3)cc(C)c12. The van der Waals surface area contributed by atoms with Crippen molar-refractivity contribution in [1.29, 1.82) is 0 Å². The van der Waals surface area contributed by atoms with Crippen molar-refractivity contribution in [2.24, 2.45) is 0 Å². The summed E-state index contributed by atoms with van der Waals surface area (Å²) < 4.78 is 39.3. The molecule has 3 aromatic rings. The molecule has 4 rings (SSSR count). The lowest BCUT2D eigenvalue weighted by atomic mass is 10.0. The first kappa shape index (κ1) is 26.0. The molecule has 0 radical (unpaired) electrons. The number of rotatable bonds is 6. The first-order valence-corrected chi connectivity index (χ1v) is 13.6. The Morgan fingerprint density at radius 2 is 1.83 bits per heavy atom. The van der Waals surface area contributed by atoms with Crippen LogP contribution in [-0.4, -0.2) is 49.3 Å². The van der Waals surface area contributed by atoms with E-state index in [9.17, 15) is 13.2 Å². The number of anilines is 1. The Kier molecular flexibility index (Phi) is 7.28. The molecule has 2 heterocycles. The molecule has 1 amide bonds. The summed E-state index contributed by atoms with van der Waals surface area (Å²) >= 11 is 0. The zero-order valence-corrected chi connectivity index (χ0v) is 22.2. The highest BCUT2D eigenvalue weighted by molar-refractivity contribution is 7.92. The van der Waals surface area contributed by atoms with Crippen LogP contribution in [0.5, 0.6) is 0 Å². The minimum atomic E-state index is -3.80. The number of carbonyl (C=O) groups is 1. The number of likely N-dealkylation sites (tertiary alicyclic amines) is 1. The number of amides is 1. The summed E-state index contributed by atoms with van der Waals surface area (Å²) in [6, 6.07) is 10.9. The molecular formula is C26H34N4O5S. The molecule has 10 heteroatoms. The average Bonchev–Trinajstić information content (AvgIpc) is 3.16. The lowest BCUT2D eigenvalue weighted by Crippen LogP contribution is -2.45. The standard InChI is InChI=1S/C26H34N4O5S/c1-17-8-6-7-9-22(17)36(32,33)29-24-23-18(2)14-19(15-21(23)35-28-24)16-30-12-10-20(11-13-30)27-25(31)34-26(3,4)5/h6-9,14-15,20H,10-13,16H2,1-5H3,(H,27,31)(H,28,29). The molecule has 0 aliphatic carbocycles. The Labute approximate surface area is 212 Å². The second-order valence-electron chi connectivity index (χ2n) is 10.4. The largest absolute Gasteiger partial charge is 0.444 e. The van der Waals surface area contributed by atoms with Gasteiger partial charge >= 0.3 is 6.09 Å². The van der Waals surface area contributed by atoms with Gasteiger partial charge in [-0.2, -0.15) is 0 Å². The average molecular weight is 515 g/mol. The van der Waals surface area contributed by atoms with E-state index in [0.717, 1.165) is 43.6 Å². The van der Waals surface area contributed by atoms with E-state index in [1.165, 1.54) is 0 Å². The van der Waals surface area contributed by atoms with Gasteiger partial charge in [-0.25, -0.2) is 13.2 Å². The number of sulfonamides is 1. The number of hydrogen-bond donors (Lipinski definition) is 2. The number of nitrogens with one attached hydrogen (secondary N) is 2. The Morgan fingerprint density at radius 1 is 1.14 bits per heavy atom. The predicted octanol–water partition coefficient (Wildman–Crippen LogP) is 4.73. The van der Waals surface area contributed by atoms with E-state index >= 15 is 0 Å². The Morgan fingerprint density at radius 3 is 2.50 bits per heavy atom. The van der Waals surface area contributed by atoms with Crippen molar-refractivity contribution in [2.75, 3.05) is 17.8 Å². The van der Waals surface area contributed by atoms with E-state index in [1.807, 2.05) is 39.8 Å². The number of benzene rings is 2. The van der Waals surface area contributed by atoms with E-state index in [0.29, 0.717) is 16.5 Å². The van der Waals surface area contributed by atoms with Gasteiger partial charge < -0.3 is 14.6 Å². The maximum atomic E-state index is 12.9. The van der Waals surface area contributed by atoms with Gasteiger partial charge in [0.1, 0.15) is 5.60 Å². The summed E-state index contributed by atoms with van der Waals surface area (Å²) in [6.07, 6.45) is 1.31. The molecule has 36 heavy (non-hydrogen) atoms. The van der Waals surface area contributed by atoms with Crippen molar-refractivity contribution in [3.8, 4) is 0 Å². The Balaban J connectivity index is 1.41. The fraction of sp³-hybridized carbons (Fsp3) is 0.462. The highest BCUT2D eigenvalue weighted by atomic mass is 32.2. The van der Waals surface area contributed by atoms with E-state index in [4.69, 9.17) is 9.26 Å². The molecule has 2 aromatic carbocycles. The van der Waals surface area contributed by atoms with Crippen molar-refractivity contribution in [3.63, 3.8) is 0 Å². The zero-order valence-electron chi connectivity index (χ0n) is 21.4. The van der Waals surface area contributed by atoms with Crippen LogP contribution in [0.1, 0.15) is 50.3 Å². The lowest BCUT2D eigenvalue weighted by Gasteiger charge is -2.32. The molecule has 1 saturated heterocycles. The number of piperidine rings is 1. The summed E-state index contributed by atoms with van der Waals surface area (Å²) in [5, 5.41) is 7.63. The van der Waals surface area contributed by atoms with Crippen LogP contribution in [0.15, 0.2) is 45.8 Å². The van der Waals surface area contributed by atoms with Gasteiger partial charge in [0, 0.05) is 25.7 Å². The third-order valence-corrected chi connectivity index (χ3v) is 7.66. The second-order valence-corrected chi connectivity index (χ2v) is 12.0. The summed E-state index contributed by atoms with van der Waals surface area (Å²) in [5.74, 6) is 0.186. The molecule has 1 fully saturated rings. The van der Waals surface area contributed by atoms with Crippen LogP contribution in [0.25, 0.3) is 11.0 Å². The van der Waals surface area contributed by atoms with Crippen molar-refractivity contribution in [1.82, 2.24) is 15.4 Å². The number of carbonyl (C=O) groups excluding carboxylic acids is 1. The van der Waals surface area contributed by atoms with Crippen LogP contribution in [0, 0.1) is 13.8 Å². The van der Waals surface area contributed by atoms with E-state index in [2.05, 4.69) is 20.1 Å². The topological polar surface area (TPSA) is 114 Å².